The molecule has 1 amide bonds. The summed E-state index contributed by atoms with van der Waals surface area (Å²) in [5, 5.41) is 3.52. The highest BCUT2D eigenvalue weighted by Crippen LogP contribution is 2.20. The maximum absolute atomic E-state index is 12.1. The number of likely N-dealkylation sites (N-methyl/N-ethyl adjacent to an activating group) is 1. The Balaban J connectivity index is 1.85. The standard InChI is InChI=1S/C19H23ClN2O2/c1-4-24-17-9-6-15(7-10-17)12-22(3)13-19(23)21-16-8-5-14(2)18(20)11-16/h5-11H,4,12-13H2,1-3H3,(H,21,23). The van der Waals surface area contributed by atoms with Gasteiger partial charge in [0.25, 0.3) is 0 Å². The van der Waals surface area contributed by atoms with Gasteiger partial charge in [0.15, 0.2) is 0 Å². The number of hydrogen-bond donors (Lipinski definition) is 1. The minimum atomic E-state index is -0.0663. The summed E-state index contributed by atoms with van der Waals surface area (Å²) in [4.78, 5) is 14.1. The van der Waals surface area contributed by atoms with Crippen LogP contribution in [0.5, 0.6) is 5.75 Å². The number of amides is 1. The Labute approximate surface area is 148 Å². The predicted octanol–water partition coefficient (Wildman–Crippen LogP) is 4.12. The Morgan fingerprint density at radius 3 is 2.54 bits per heavy atom. The summed E-state index contributed by atoms with van der Waals surface area (Å²) in [6.07, 6.45) is 0. The van der Waals surface area contributed by atoms with Crippen molar-refractivity contribution >= 4 is 23.2 Å². The summed E-state index contributed by atoms with van der Waals surface area (Å²) in [7, 11) is 1.91. The Hall–Kier alpha value is -2.04. The molecule has 0 bridgehead atoms. The number of benzene rings is 2. The molecule has 2 aromatic carbocycles. The molecule has 2 aromatic rings. The third-order valence-corrected chi connectivity index (χ3v) is 3.96. The van der Waals surface area contributed by atoms with Crippen molar-refractivity contribution in [3.05, 3.63) is 58.6 Å². The van der Waals surface area contributed by atoms with E-state index in [2.05, 4.69) is 5.32 Å². The second-order valence-electron chi connectivity index (χ2n) is 5.76. The first-order chi connectivity index (χ1) is 11.5. The number of rotatable bonds is 7. The van der Waals surface area contributed by atoms with Gasteiger partial charge in [0, 0.05) is 17.3 Å². The molecule has 0 spiro atoms. The number of anilines is 1. The molecule has 0 aromatic heterocycles. The first kappa shape index (κ1) is 18.3. The fourth-order valence-corrected chi connectivity index (χ4v) is 2.52. The predicted molar refractivity (Wildman–Crippen MR) is 98.8 cm³/mol. The van der Waals surface area contributed by atoms with Crippen LogP contribution in [-0.2, 0) is 11.3 Å². The van der Waals surface area contributed by atoms with E-state index in [1.807, 2.05) is 62.2 Å². The van der Waals surface area contributed by atoms with Crippen LogP contribution in [0, 0.1) is 6.92 Å². The van der Waals surface area contributed by atoms with Crippen LogP contribution in [0.15, 0.2) is 42.5 Å². The Kier molecular flexibility index (Phi) is 6.64. The fourth-order valence-electron chi connectivity index (χ4n) is 2.34. The van der Waals surface area contributed by atoms with Crippen LogP contribution in [0.25, 0.3) is 0 Å². The van der Waals surface area contributed by atoms with Crippen molar-refractivity contribution in [1.82, 2.24) is 4.90 Å². The van der Waals surface area contributed by atoms with Gasteiger partial charge in [-0.05, 0) is 56.3 Å². The first-order valence-electron chi connectivity index (χ1n) is 7.94. The van der Waals surface area contributed by atoms with Crippen molar-refractivity contribution < 1.29 is 9.53 Å². The van der Waals surface area contributed by atoms with E-state index >= 15 is 0 Å². The molecule has 0 heterocycles. The minimum absolute atomic E-state index is 0.0663. The zero-order valence-electron chi connectivity index (χ0n) is 14.3. The van der Waals surface area contributed by atoms with Crippen LogP contribution in [-0.4, -0.2) is 31.0 Å². The number of ether oxygens (including phenoxy) is 1. The van der Waals surface area contributed by atoms with E-state index in [9.17, 15) is 4.79 Å². The molecule has 0 aliphatic heterocycles. The summed E-state index contributed by atoms with van der Waals surface area (Å²) < 4.78 is 5.43. The lowest BCUT2D eigenvalue weighted by Gasteiger charge is -2.17. The molecule has 0 saturated carbocycles. The van der Waals surface area contributed by atoms with E-state index in [1.165, 1.54) is 0 Å². The van der Waals surface area contributed by atoms with E-state index < -0.39 is 0 Å². The molecule has 24 heavy (non-hydrogen) atoms. The van der Waals surface area contributed by atoms with E-state index in [0.29, 0.717) is 30.4 Å². The van der Waals surface area contributed by atoms with Crippen molar-refractivity contribution in [2.24, 2.45) is 0 Å². The lowest BCUT2D eigenvalue weighted by Crippen LogP contribution is -2.29. The number of halogens is 1. The Bertz CT molecular complexity index is 686. The minimum Gasteiger partial charge on any atom is -0.494 e. The summed E-state index contributed by atoms with van der Waals surface area (Å²) in [5.74, 6) is 0.793. The summed E-state index contributed by atoms with van der Waals surface area (Å²) in [6.45, 7) is 5.54. The smallest absolute Gasteiger partial charge is 0.238 e. The summed E-state index contributed by atoms with van der Waals surface area (Å²) >= 11 is 6.07. The highest BCUT2D eigenvalue weighted by Gasteiger charge is 2.08. The van der Waals surface area contributed by atoms with Crippen LogP contribution in [0.3, 0.4) is 0 Å². The summed E-state index contributed by atoms with van der Waals surface area (Å²) in [6, 6.07) is 13.4. The second-order valence-corrected chi connectivity index (χ2v) is 6.17. The average molecular weight is 347 g/mol. The van der Waals surface area contributed by atoms with Gasteiger partial charge in [-0.3, -0.25) is 9.69 Å². The fraction of sp³-hybridized carbons (Fsp3) is 0.316. The SMILES string of the molecule is CCOc1ccc(CN(C)CC(=O)Nc2ccc(C)c(Cl)c2)cc1. The highest BCUT2D eigenvalue weighted by atomic mass is 35.5. The van der Waals surface area contributed by atoms with Crippen LogP contribution >= 0.6 is 11.6 Å². The molecule has 0 unspecified atom stereocenters. The molecule has 0 atom stereocenters. The molecule has 2 rings (SSSR count). The molecule has 0 radical (unpaired) electrons. The molecule has 0 saturated heterocycles. The third-order valence-electron chi connectivity index (χ3n) is 3.56. The van der Waals surface area contributed by atoms with Gasteiger partial charge in [-0.15, -0.1) is 0 Å². The van der Waals surface area contributed by atoms with Crippen LogP contribution < -0.4 is 10.1 Å². The van der Waals surface area contributed by atoms with Gasteiger partial charge < -0.3 is 10.1 Å². The van der Waals surface area contributed by atoms with Gasteiger partial charge in [-0.1, -0.05) is 29.8 Å². The Morgan fingerprint density at radius 1 is 1.21 bits per heavy atom. The van der Waals surface area contributed by atoms with Gasteiger partial charge in [0.05, 0.1) is 13.2 Å². The maximum Gasteiger partial charge on any atom is 0.238 e. The van der Waals surface area contributed by atoms with E-state index in [0.717, 1.165) is 16.9 Å². The largest absolute Gasteiger partial charge is 0.494 e. The molecular weight excluding hydrogens is 324 g/mol. The van der Waals surface area contributed by atoms with Gasteiger partial charge in [-0.25, -0.2) is 0 Å². The number of aryl methyl sites for hydroxylation is 1. The quantitative estimate of drug-likeness (QED) is 0.820. The van der Waals surface area contributed by atoms with Crippen LogP contribution in [0.1, 0.15) is 18.1 Å². The van der Waals surface area contributed by atoms with Crippen LogP contribution in [0.4, 0.5) is 5.69 Å². The van der Waals surface area contributed by atoms with Gasteiger partial charge in [-0.2, -0.15) is 0 Å². The molecule has 1 N–H and O–H groups in total. The zero-order chi connectivity index (χ0) is 17.5. The summed E-state index contributed by atoms with van der Waals surface area (Å²) in [5.41, 5.74) is 2.83. The molecule has 128 valence electrons. The van der Waals surface area contributed by atoms with E-state index in [-0.39, 0.29) is 5.91 Å². The molecule has 5 heteroatoms. The first-order valence-corrected chi connectivity index (χ1v) is 8.32. The number of carbonyl (C=O) groups excluding carboxylic acids is 1. The van der Waals surface area contributed by atoms with Crippen molar-refractivity contribution in [2.75, 3.05) is 25.5 Å². The van der Waals surface area contributed by atoms with E-state index in [1.54, 1.807) is 6.07 Å². The topological polar surface area (TPSA) is 41.6 Å². The van der Waals surface area contributed by atoms with Crippen molar-refractivity contribution in [2.45, 2.75) is 20.4 Å². The van der Waals surface area contributed by atoms with Crippen LogP contribution in [0.2, 0.25) is 5.02 Å². The van der Waals surface area contributed by atoms with Crippen molar-refractivity contribution in [1.29, 1.82) is 0 Å². The van der Waals surface area contributed by atoms with Crippen molar-refractivity contribution in [3.8, 4) is 5.75 Å². The average Bonchev–Trinajstić information content (AvgIpc) is 2.53. The number of nitrogens with one attached hydrogen (secondary N) is 1. The van der Waals surface area contributed by atoms with Crippen molar-refractivity contribution in [3.63, 3.8) is 0 Å². The third kappa shape index (κ3) is 5.55. The number of hydrogen-bond acceptors (Lipinski definition) is 3. The van der Waals surface area contributed by atoms with Gasteiger partial charge >= 0.3 is 0 Å². The van der Waals surface area contributed by atoms with E-state index in [4.69, 9.17) is 16.3 Å². The number of nitrogens with zero attached hydrogens (tertiary/aromatic N) is 1. The lowest BCUT2D eigenvalue weighted by atomic mass is 10.2. The molecule has 0 aliphatic carbocycles. The second kappa shape index (κ2) is 8.71. The zero-order valence-corrected chi connectivity index (χ0v) is 15.1. The maximum atomic E-state index is 12.1. The van der Waals surface area contributed by atoms with Gasteiger partial charge in [0.1, 0.15) is 5.75 Å². The monoisotopic (exact) mass is 346 g/mol. The Morgan fingerprint density at radius 2 is 1.92 bits per heavy atom. The number of carbonyl (C=O) groups is 1. The normalized spacial score (nSPS) is 10.7. The highest BCUT2D eigenvalue weighted by molar-refractivity contribution is 6.31. The molecular formula is C19H23ClN2O2. The molecule has 0 fully saturated rings. The van der Waals surface area contributed by atoms with Gasteiger partial charge in [0.2, 0.25) is 5.91 Å². The molecule has 0 aliphatic rings. The lowest BCUT2D eigenvalue weighted by molar-refractivity contribution is -0.117. The molecule has 4 nitrogen and oxygen atoms in total.